The summed E-state index contributed by atoms with van der Waals surface area (Å²) in [5, 5.41) is 13.2. The van der Waals surface area contributed by atoms with Crippen LogP contribution in [0.5, 0.6) is 11.5 Å². The fourth-order valence-electron chi connectivity index (χ4n) is 5.26. The molecule has 1 saturated carbocycles. The van der Waals surface area contributed by atoms with E-state index in [-0.39, 0.29) is 12.2 Å². The number of carbonyl (C=O) groups is 1. The third-order valence-corrected chi connectivity index (χ3v) is 7.23. The molecule has 2 aliphatic rings. The molecule has 0 bridgehead atoms. The van der Waals surface area contributed by atoms with Crippen molar-refractivity contribution in [1.82, 2.24) is 10.2 Å². The lowest BCUT2D eigenvalue weighted by Crippen LogP contribution is -2.33. The van der Waals surface area contributed by atoms with Gasteiger partial charge in [0.2, 0.25) is 0 Å². The molecule has 0 spiro atoms. The van der Waals surface area contributed by atoms with Gasteiger partial charge in [-0.2, -0.15) is 0 Å². The Kier molecular flexibility index (Phi) is 7.72. The van der Waals surface area contributed by atoms with E-state index < -0.39 is 12.1 Å². The van der Waals surface area contributed by atoms with Crippen molar-refractivity contribution in [3.8, 4) is 11.5 Å². The van der Waals surface area contributed by atoms with Crippen LogP contribution in [0.15, 0.2) is 72.8 Å². The molecule has 1 aliphatic carbocycles. The normalized spacial score (nSPS) is 21.3. The maximum Gasteiger partial charge on any atom is 0.345 e. The molecule has 5 rings (SSSR count). The molecule has 0 radical (unpaired) electrons. The number of aryl methyl sites for hydroxylation is 1. The number of hydrogen-bond acceptors (Lipinski definition) is 5. The Morgan fingerprint density at radius 2 is 1.73 bits per heavy atom. The first-order chi connectivity index (χ1) is 17.9. The Labute approximate surface area is 217 Å². The van der Waals surface area contributed by atoms with Gasteiger partial charge in [0.05, 0.1) is 0 Å². The number of piperidine rings is 1. The van der Waals surface area contributed by atoms with Crippen LogP contribution in [-0.4, -0.2) is 54.4 Å². The lowest BCUT2D eigenvalue weighted by Gasteiger charge is -2.20. The van der Waals surface area contributed by atoms with Crippen LogP contribution >= 0.6 is 0 Å². The van der Waals surface area contributed by atoms with Crippen molar-refractivity contribution < 1.29 is 23.8 Å². The van der Waals surface area contributed by atoms with E-state index in [1.807, 2.05) is 61.5 Å². The summed E-state index contributed by atoms with van der Waals surface area (Å²) >= 11 is 0. The standard InChI is InChI=1S/C30H33FN2O4/c1-20-3-2-4-25(15-20)37-28(30(34)35)16-21-7-11-24(12-8-21)36-14-13-32-29-26-18-33(19-27(26)29)17-22-5-9-23(31)10-6-22/h2-12,15,26-29,32H,13-14,16-19H2,1H3,(H,34,35)/t26-,27+,28-,29?/m0/s1. The van der Waals surface area contributed by atoms with Crippen LogP contribution in [0.3, 0.4) is 0 Å². The molecule has 1 unspecified atom stereocenters. The summed E-state index contributed by atoms with van der Waals surface area (Å²) in [5.41, 5.74) is 3.05. The van der Waals surface area contributed by atoms with Gasteiger partial charge in [-0.1, -0.05) is 36.4 Å². The predicted molar refractivity (Wildman–Crippen MR) is 139 cm³/mol. The minimum absolute atomic E-state index is 0.189. The number of nitrogens with zero attached hydrogens (tertiary/aromatic N) is 1. The first kappa shape index (κ1) is 25.2. The minimum atomic E-state index is -0.990. The van der Waals surface area contributed by atoms with Gasteiger partial charge >= 0.3 is 5.97 Å². The van der Waals surface area contributed by atoms with Crippen LogP contribution in [-0.2, 0) is 17.8 Å². The van der Waals surface area contributed by atoms with Crippen molar-refractivity contribution in [3.05, 3.63) is 95.3 Å². The van der Waals surface area contributed by atoms with Crippen molar-refractivity contribution >= 4 is 5.97 Å². The topological polar surface area (TPSA) is 71.0 Å². The van der Waals surface area contributed by atoms with E-state index >= 15 is 0 Å². The molecule has 0 amide bonds. The van der Waals surface area contributed by atoms with Crippen LogP contribution in [0.1, 0.15) is 16.7 Å². The van der Waals surface area contributed by atoms with E-state index in [1.165, 1.54) is 12.1 Å². The minimum Gasteiger partial charge on any atom is -0.492 e. The van der Waals surface area contributed by atoms with Crippen LogP contribution in [0.2, 0.25) is 0 Å². The number of aliphatic carboxylic acids is 1. The number of halogens is 1. The molecule has 1 heterocycles. The van der Waals surface area contributed by atoms with Crippen molar-refractivity contribution in [1.29, 1.82) is 0 Å². The molecule has 3 aromatic carbocycles. The van der Waals surface area contributed by atoms with Gasteiger partial charge in [-0.3, -0.25) is 4.90 Å². The van der Waals surface area contributed by atoms with E-state index in [9.17, 15) is 14.3 Å². The van der Waals surface area contributed by atoms with Crippen molar-refractivity contribution in [2.75, 3.05) is 26.2 Å². The van der Waals surface area contributed by atoms with Gasteiger partial charge in [-0.15, -0.1) is 0 Å². The van der Waals surface area contributed by atoms with Crippen molar-refractivity contribution in [2.45, 2.75) is 32.0 Å². The monoisotopic (exact) mass is 504 g/mol. The van der Waals surface area contributed by atoms with E-state index in [0.29, 0.717) is 30.2 Å². The number of hydrogen-bond donors (Lipinski definition) is 2. The largest absolute Gasteiger partial charge is 0.492 e. The highest BCUT2D eigenvalue weighted by Crippen LogP contribution is 2.45. The van der Waals surface area contributed by atoms with E-state index in [4.69, 9.17) is 9.47 Å². The number of nitrogens with one attached hydrogen (secondary N) is 1. The molecule has 2 fully saturated rings. The van der Waals surface area contributed by atoms with Gasteiger partial charge in [0.1, 0.15) is 23.9 Å². The first-order valence-electron chi connectivity index (χ1n) is 12.8. The van der Waals surface area contributed by atoms with Crippen LogP contribution < -0.4 is 14.8 Å². The third-order valence-electron chi connectivity index (χ3n) is 7.23. The molecule has 0 aromatic heterocycles. The molecule has 4 atom stereocenters. The van der Waals surface area contributed by atoms with Crippen LogP contribution in [0.25, 0.3) is 0 Å². The molecule has 7 heteroatoms. The summed E-state index contributed by atoms with van der Waals surface area (Å²) in [4.78, 5) is 14.2. The Bertz CT molecular complexity index is 1190. The number of ether oxygens (including phenoxy) is 2. The Morgan fingerprint density at radius 1 is 1.03 bits per heavy atom. The van der Waals surface area contributed by atoms with Gasteiger partial charge < -0.3 is 19.9 Å². The molecule has 2 N–H and O–H groups in total. The van der Waals surface area contributed by atoms with E-state index in [1.54, 1.807) is 6.07 Å². The Hall–Kier alpha value is -3.42. The van der Waals surface area contributed by atoms with E-state index in [2.05, 4.69) is 10.2 Å². The molecule has 37 heavy (non-hydrogen) atoms. The predicted octanol–water partition coefficient (Wildman–Crippen LogP) is 4.31. The number of benzene rings is 3. The number of likely N-dealkylation sites (tertiary alicyclic amines) is 1. The van der Waals surface area contributed by atoms with Crippen molar-refractivity contribution in [2.24, 2.45) is 11.8 Å². The average Bonchev–Trinajstić information content (AvgIpc) is 3.33. The smallest absolute Gasteiger partial charge is 0.345 e. The highest BCUT2D eigenvalue weighted by molar-refractivity contribution is 5.73. The molecular formula is C30H33FN2O4. The number of carboxylic acids is 1. The zero-order valence-corrected chi connectivity index (χ0v) is 21.0. The summed E-state index contributed by atoms with van der Waals surface area (Å²) in [7, 11) is 0. The Morgan fingerprint density at radius 3 is 2.41 bits per heavy atom. The van der Waals surface area contributed by atoms with E-state index in [0.717, 1.165) is 48.6 Å². The first-order valence-corrected chi connectivity index (χ1v) is 12.8. The summed E-state index contributed by atoms with van der Waals surface area (Å²) in [6.45, 7) is 6.33. The zero-order valence-electron chi connectivity index (χ0n) is 21.0. The number of carboxylic acid groups (broad SMARTS) is 1. The summed E-state index contributed by atoms with van der Waals surface area (Å²) in [5.74, 6) is 1.51. The van der Waals surface area contributed by atoms with Gasteiger partial charge in [-0.05, 0) is 71.8 Å². The van der Waals surface area contributed by atoms with Gasteiger partial charge in [0.15, 0.2) is 6.10 Å². The second-order valence-corrected chi connectivity index (χ2v) is 10.1. The second kappa shape index (κ2) is 11.3. The van der Waals surface area contributed by atoms with Gasteiger partial charge in [-0.25, -0.2) is 9.18 Å². The average molecular weight is 505 g/mol. The maximum atomic E-state index is 13.1. The summed E-state index contributed by atoms with van der Waals surface area (Å²) in [6.07, 6.45) is -0.685. The summed E-state index contributed by atoms with van der Waals surface area (Å²) < 4.78 is 24.7. The maximum absolute atomic E-state index is 13.1. The van der Waals surface area contributed by atoms with Crippen molar-refractivity contribution in [3.63, 3.8) is 0 Å². The highest BCUT2D eigenvalue weighted by Gasteiger charge is 2.55. The molecule has 1 saturated heterocycles. The highest BCUT2D eigenvalue weighted by atomic mass is 19.1. The molecule has 194 valence electrons. The molecular weight excluding hydrogens is 471 g/mol. The quantitative estimate of drug-likeness (QED) is 0.358. The zero-order chi connectivity index (χ0) is 25.8. The summed E-state index contributed by atoms with van der Waals surface area (Å²) in [6, 6.07) is 22.3. The number of rotatable bonds is 12. The van der Waals surface area contributed by atoms with Crippen LogP contribution in [0, 0.1) is 24.6 Å². The fraction of sp³-hybridized carbons (Fsp3) is 0.367. The van der Waals surface area contributed by atoms with Gasteiger partial charge in [0.25, 0.3) is 0 Å². The van der Waals surface area contributed by atoms with Crippen LogP contribution in [0.4, 0.5) is 4.39 Å². The lowest BCUT2D eigenvalue weighted by molar-refractivity contribution is -0.145. The second-order valence-electron chi connectivity index (χ2n) is 10.1. The third kappa shape index (κ3) is 6.67. The molecule has 1 aliphatic heterocycles. The molecule has 6 nitrogen and oxygen atoms in total. The molecule has 3 aromatic rings. The lowest BCUT2D eigenvalue weighted by atomic mass is 10.1. The number of fused-ring (bicyclic) bond motifs is 1. The fourth-order valence-corrected chi connectivity index (χ4v) is 5.26. The van der Waals surface area contributed by atoms with Gasteiger partial charge in [0, 0.05) is 38.6 Å². The SMILES string of the molecule is Cc1cccc(O[C@@H](Cc2ccc(OCCNC3[C@H]4CN(Cc5ccc(F)cc5)C[C@@H]34)cc2)C(=O)O)c1. The Balaban J connectivity index is 1.00.